The third-order valence-corrected chi connectivity index (χ3v) is 3.03. The van der Waals surface area contributed by atoms with Crippen LogP contribution in [0.2, 0.25) is 0 Å². The lowest BCUT2D eigenvalue weighted by molar-refractivity contribution is 0.00368. The summed E-state index contributed by atoms with van der Waals surface area (Å²) in [5.41, 5.74) is 5.77. The van der Waals surface area contributed by atoms with Crippen LogP contribution in [-0.4, -0.2) is 20.7 Å². The van der Waals surface area contributed by atoms with Crippen LogP contribution >= 0.6 is 0 Å². The molecule has 1 aliphatic rings. The zero-order valence-corrected chi connectivity index (χ0v) is 8.82. The molecule has 1 saturated carbocycles. The number of rotatable bonds is 2. The minimum absolute atomic E-state index is 0.284. The molecular weight excluding hydrogens is 190 g/mol. The molecule has 0 amide bonds. The largest absolute Gasteiger partial charge is 0.389 e. The topological polar surface area (TPSA) is 72.0 Å². The van der Waals surface area contributed by atoms with Gasteiger partial charge in [0.25, 0.3) is 0 Å². The number of hydrogen-bond acceptors (Lipinski definition) is 4. The molecule has 1 fully saturated rings. The molecule has 0 bridgehead atoms. The molecule has 1 heterocycles. The first-order valence-corrected chi connectivity index (χ1v) is 5.48. The maximum atomic E-state index is 10.3. The summed E-state index contributed by atoms with van der Waals surface area (Å²) in [7, 11) is 0. The number of hydrogen-bond donors (Lipinski definition) is 2. The van der Waals surface area contributed by atoms with Crippen LogP contribution < -0.4 is 5.73 Å². The van der Waals surface area contributed by atoms with E-state index < -0.39 is 5.60 Å². The lowest BCUT2D eigenvalue weighted by Gasteiger charge is -2.31. The molecule has 4 heteroatoms. The van der Waals surface area contributed by atoms with E-state index >= 15 is 0 Å². The summed E-state index contributed by atoms with van der Waals surface area (Å²) in [6, 6.07) is 1.82. The van der Waals surface area contributed by atoms with Gasteiger partial charge in [-0.1, -0.05) is 19.3 Å². The Labute approximate surface area is 89.6 Å². The third kappa shape index (κ3) is 2.65. The van der Waals surface area contributed by atoms with Gasteiger partial charge in [0, 0.05) is 18.3 Å². The summed E-state index contributed by atoms with van der Waals surface area (Å²) in [6.45, 7) is 0. The van der Waals surface area contributed by atoms with Gasteiger partial charge in [-0.15, -0.1) is 0 Å². The fourth-order valence-electron chi connectivity index (χ4n) is 2.24. The van der Waals surface area contributed by atoms with E-state index in [1.165, 1.54) is 6.42 Å². The van der Waals surface area contributed by atoms with Crippen LogP contribution in [0, 0.1) is 0 Å². The maximum Gasteiger partial charge on any atom is 0.220 e. The quantitative estimate of drug-likeness (QED) is 0.766. The summed E-state index contributed by atoms with van der Waals surface area (Å²) in [5, 5.41) is 10.3. The predicted molar refractivity (Wildman–Crippen MR) is 58.2 cm³/mol. The first kappa shape index (κ1) is 10.4. The van der Waals surface area contributed by atoms with Crippen LogP contribution in [0.3, 0.4) is 0 Å². The standard InChI is InChI=1S/C11H17N3O/c12-10-13-7-4-9(14-10)8-11(15)5-2-1-3-6-11/h4,7,15H,1-3,5-6,8H2,(H2,12,13,14). The highest BCUT2D eigenvalue weighted by Crippen LogP contribution is 2.30. The van der Waals surface area contributed by atoms with Crippen molar-refractivity contribution in [1.82, 2.24) is 9.97 Å². The molecule has 0 spiro atoms. The van der Waals surface area contributed by atoms with Crippen LogP contribution in [0.5, 0.6) is 0 Å². The van der Waals surface area contributed by atoms with Crippen molar-refractivity contribution in [2.75, 3.05) is 5.73 Å². The first-order valence-electron chi connectivity index (χ1n) is 5.48. The van der Waals surface area contributed by atoms with E-state index in [1.807, 2.05) is 6.07 Å². The predicted octanol–water partition coefficient (Wildman–Crippen LogP) is 1.30. The summed E-state index contributed by atoms with van der Waals surface area (Å²) >= 11 is 0. The Morgan fingerprint density at radius 1 is 1.33 bits per heavy atom. The maximum absolute atomic E-state index is 10.3. The zero-order valence-electron chi connectivity index (χ0n) is 8.82. The summed E-state index contributed by atoms with van der Waals surface area (Å²) in [4.78, 5) is 7.96. The molecular formula is C11H17N3O. The lowest BCUT2D eigenvalue weighted by Crippen LogP contribution is -2.34. The Hall–Kier alpha value is -1.16. The molecule has 0 atom stereocenters. The summed E-state index contributed by atoms with van der Waals surface area (Å²) in [5.74, 6) is 0.284. The van der Waals surface area contributed by atoms with Gasteiger partial charge in [-0.05, 0) is 18.9 Å². The van der Waals surface area contributed by atoms with E-state index in [2.05, 4.69) is 9.97 Å². The summed E-state index contributed by atoms with van der Waals surface area (Å²) < 4.78 is 0. The molecule has 3 N–H and O–H groups in total. The molecule has 82 valence electrons. The number of anilines is 1. The normalized spacial score (nSPS) is 20.1. The fourth-order valence-corrected chi connectivity index (χ4v) is 2.24. The molecule has 4 nitrogen and oxygen atoms in total. The number of aliphatic hydroxyl groups is 1. The molecule has 0 unspecified atom stereocenters. The Bertz CT molecular complexity index is 334. The van der Waals surface area contributed by atoms with Crippen LogP contribution in [-0.2, 0) is 6.42 Å². The number of nitrogens with zero attached hydrogens (tertiary/aromatic N) is 2. The van der Waals surface area contributed by atoms with Crippen molar-refractivity contribution >= 4 is 5.95 Å². The van der Waals surface area contributed by atoms with Crippen molar-refractivity contribution in [1.29, 1.82) is 0 Å². The highest BCUT2D eigenvalue weighted by atomic mass is 16.3. The van der Waals surface area contributed by atoms with Gasteiger partial charge in [0.1, 0.15) is 0 Å². The second kappa shape index (κ2) is 4.14. The molecule has 2 rings (SSSR count). The Morgan fingerprint density at radius 3 is 2.73 bits per heavy atom. The van der Waals surface area contributed by atoms with Crippen LogP contribution in [0.4, 0.5) is 5.95 Å². The highest BCUT2D eigenvalue weighted by molar-refractivity contribution is 5.18. The zero-order chi connectivity index (χ0) is 10.7. The van der Waals surface area contributed by atoms with E-state index in [9.17, 15) is 5.11 Å². The van der Waals surface area contributed by atoms with Gasteiger partial charge in [-0.25, -0.2) is 9.97 Å². The first-order chi connectivity index (χ1) is 7.18. The van der Waals surface area contributed by atoms with Crippen molar-refractivity contribution in [2.24, 2.45) is 0 Å². The molecule has 1 aromatic rings. The molecule has 0 radical (unpaired) electrons. The smallest absolute Gasteiger partial charge is 0.220 e. The number of nitrogen functional groups attached to an aromatic ring is 1. The fraction of sp³-hybridized carbons (Fsp3) is 0.636. The van der Waals surface area contributed by atoms with Gasteiger partial charge in [0.15, 0.2) is 0 Å². The number of nitrogens with two attached hydrogens (primary N) is 1. The molecule has 1 aromatic heterocycles. The van der Waals surface area contributed by atoms with Gasteiger partial charge in [-0.3, -0.25) is 0 Å². The minimum Gasteiger partial charge on any atom is -0.389 e. The van der Waals surface area contributed by atoms with E-state index in [0.717, 1.165) is 31.4 Å². The summed E-state index contributed by atoms with van der Waals surface area (Å²) in [6.07, 6.45) is 7.43. The van der Waals surface area contributed by atoms with Crippen molar-refractivity contribution in [3.8, 4) is 0 Å². The van der Waals surface area contributed by atoms with E-state index in [-0.39, 0.29) is 5.95 Å². The monoisotopic (exact) mass is 207 g/mol. The SMILES string of the molecule is Nc1nccc(CC2(O)CCCCC2)n1. The Balaban J connectivity index is 2.06. The van der Waals surface area contributed by atoms with Crippen LogP contribution in [0.1, 0.15) is 37.8 Å². The van der Waals surface area contributed by atoms with Gasteiger partial charge in [-0.2, -0.15) is 0 Å². The highest BCUT2D eigenvalue weighted by Gasteiger charge is 2.29. The lowest BCUT2D eigenvalue weighted by atomic mass is 9.82. The van der Waals surface area contributed by atoms with Crippen molar-refractivity contribution < 1.29 is 5.11 Å². The number of aromatic nitrogens is 2. The van der Waals surface area contributed by atoms with Crippen LogP contribution in [0.15, 0.2) is 12.3 Å². The van der Waals surface area contributed by atoms with E-state index in [4.69, 9.17) is 5.73 Å². The molecule has 0 aromatic carbocycles. The average Bonchev–Trinajstić information content (AvgIpc) is 2.18. The second-order valence-corrected chi connectivity index (χ2v) is 4.37. The minimum atomic E-state index is -0.570. The molecule has 15 heavy (non-hydrogen) atoms. The van der Waals surface area contributed by atoms with Gasteiger partial charge < -0.3 is 10.8 Å². The molecule has 0 saturated heterocycles. The molecule has 0 aliphatic heterocycles. The Kier molecular flexibility index (Phi) is 2.86. The third-order valence-electron chi connectivity index (χ3n) is 3.03. The second-order valence-electron chi connectivity index (χ2n) is 4.37. The van der Waals surface area contributed by atoms with E-state index in [1.54, 1.807) is 6.20 Å². The van der Waals surface area contributed by atoms with Gasteiger partial charge >= 0.3 is 0 Å². The van der Waals surface area contributed by atoms with Crippen LogP contribution in [0.25, 0.3) is 0 Å². The van der Waals surface area contributed by atoms with Gasteiger partial charge in [0.05, 0.1) is 5.60 Å². The Morgan fingerprint density at radius 2 is 2.07 bits per heavy atom. The average molecular weight is 207 g/mol. The van der Waals surface area contributed by atoms with Crippen molar-refractivity contribution in [3.05, 3.63) is 18.0 Å². The van der Waals surface area contributed by atoms with Gasteiger partial charge in [0.2, 0.25) is 5.95 Å². The molecule has 1 aliphatic carbocycles. The van der Waals surface area contributed by atoms with Crippen molar-refractivity contribution in [2.45, 2.75) is 44.1 Å². The van der Waals surface area contributed by atoms with Crippen molar-refractivity contribution in [3.63, 3.8) is 0 Å². The van der Waals surface area contributed by atoms with E-state index in [0.29, 0.717) is 6.42 Å².